The number of aromatic hydroxyl groups is 2. The molecule has 0 heterocycles. The molecule has 0 spiro atoms. The van der Waals surface area contributed by atoms with E-state index in [-0.39, 0.29) is 22.0 Å². The Bertz CT molecular complexity index is 1010. The van der Waals surface area contributed by atoms with Crippen LogP contribution < -0.4 is 9.47 Å². The molecule has 168 valence electrons. The molecule has 33 heavy (non-hydrogen) atoms. The second-order valence-electron chi connectivity index (χ2n) is 7.54. The molecule has 0 aliphatic carbocycles. The van der Waals surface area contributed by atoms with Crippen molar-refractivity contribution in [2.24, 2.45) is 0 Å². The van der Waals surface area contributed by atoms with Crippen molar-refractivity contribution in [2.45, 2.75) is 10.5 Å². The summed E-state index contributed by atoms with van der Waals surface area (Å²) < 4.78 is 12.2. The number of para-hydroxylation sites is 2. The van der Waals surface area contributed by atoms with Crippen molar-refractivity contribution in [1.82, 2.24) is 0 Å². The second kappa shape index (κ2) is 11.3. The maximum Gasteiger partial charge on any atom is 0.119 e. The van der Waals surface area contributed by atoms with Crippen molar-refractivity contribution >= 4 is 11.8 Å². The maximum absolute atomic E-state index is 9.76. The topological polar surface area (TPSA) is 58.9 Å². The fourth-order valence-corrected chi connectivity index (χ4v) is 4.70. The molecule has 4 aromatic carbocycles. The van der Waals surface area contributed by atoms with Crippen molar-refractivity contribution < 1.29 is 19.7 Å². The number of rotatable bonds is 10. The molecule has 2 N–H and O–H groups in total. The van der Waals surface area contributed by atoms with Gasteiger partial charge >= 0.3 is 0 Å². The van der Waals surface area contributed by atoms with E-state index >= 15 is 0 Å². The van der Waals surface area contributed by atoms with Gasteiger partial charge in [-0.25, -0.2) is 0 Å². The van der Waals surface area contributed by atoms with Crippen LogP contribution in [0.3, 0.4) is 0 Å². The normalized spacial score (nSPS) is 12.6. The predicted octanol–water partition coefficient (Wildman–Crippen LogP) is 6.77. The molecule has 0 saturated heterocycles. The number of ether oxygens (including phenoxy) is 2. The van der Waals surface area contributed by atoms with E-state index in [2.05, 4.69) is 0 Å². The van der Waals surface area contributed by atoms with Gasteiger partial charge in [-0.05, 0) is 59.7 Å². The number of benzene rings is 4. The minimum Gasteiger partial charge on any atom is -0.508 e. The van der Waals surface area contributed by atoms with Crippen LogP contribution in [0.5, 0.6) is 23.0 Å². The molecule has 5 heteroatoms. The molecule has 0 fully saturated rings. The van der Waals surface area contributed by atoms with Gasteiger partial charge in [0.15, 0.2) is 0 Å². The Kier molecular flexibility index (Phi) is 7.77. The first kappa shape index (κ1) is 22.6. The molecular weight excluding hydrogens is 432 g/mol. The van der Waals surface area contributed by atoms with Gasteiger partial charge in [0, 0.05) is 0 Å². The number of thioether (sulfide) groups is 1. The van der Waals surface area contributed by atoms with E-state index in [1.54, 1.807) is 36.0 Å². The van der Waals surface area contributed by atoms with E-state index in [1.807, 2.05) is 84.9 Å². The molecule has 0 amide bonds. The Morgan fingerprint density at radius 3 is 1.24 bits per heavy atom. The third-order valence-electron chi connectivity index (χ3n) is 5.15. The van der Waals surface area contributed by atoms with E-state index < -0.39 is 0 Å². The number of phenolic OH excluding ortho intramolecular Hbond substituents is 2. The van der Waals surface area contributed by atoms with Gasteiger partial charge in [-0.15, -0.1) is 11.8 Å². The molecule has 0 bridgehead atoms. The van der Waals surface area contributed by atoms with Gasteiger partial charge in [-0.1, -0.05) is 60.7 Å². The monoisotopic (exact) mass is 458 g/mol. The number of hydrogen-bond acceptors (Lipinski definition) is 5. The largest absolute Gasteiger partial charge is 0.508 e. The van der Waals surface area contributed by atoms with Crippen LogP contribution in [0.1, 0.15) is 21.6 Å². The summed E-state index contributed by atoms with van der Waals surface area (Å²) in [6.45, 7) is 0.915. The summed E-state index contributed by atoms with van der Waals surface area (Å²) in [5.74, 6) is 2.08. The maximum atomic E-state index is 9.76. The molecule has 4 nitrogen and oxygen atoms in total. The number of hydrogen-bond donors (Lipinski definition) is 2. The van der Waals surface area contributed by atoms with Gasteiger partial charge < -0.3 is 19.7 Å². The van der Waals surface area contributed by atoms with Crippen molar-refractivity contribution in [1.29, 1.82) is 0 Å². The molecule has 4 aromatic rings. The summed E-state index contributed by atoms with van der Waals surface area (Å²) in [4.78, 5) is 0. The minimum absolute atomic E-state index is 0.0102. The van der Waals surface area contributed by atoms with Gasteiger partial charge in [0.2, 0.25) is 0 Å². The van der Waals surface area contributed by atoms with Crippen molar-refractivity contribution in [3.8, 4) is 23.0 Å². The van der Waals surface area contributed by atoms with E-state index in [4.69, 9.17) is 9.47 Å². The highest BCUT2D eigenvalue weighted by atomic mass is 32.2. The molecule has 0 aromatic heterocycles. The van der Waals surface area contributed by atoms with Gasteiger partial charge in [0.1, 0.15) is 36.2 Å². The molecule has 0 aliphatic heterocycles. The zero-order valence-electron chi connectivity index (χ0n) is 18.1. The first-order chi connectivity index (χ1) is 16.2. The highest BCUT2D eigenvalue weighted by Gasteiger charge is 2.22. The van der Waals surface area contributed by atoms with E-state index in [0.717, 1.165) is 22.6 Å². The smallest absolute Gasteiger partial charge is 0.119 e. The third kappa shape index (κ3) is 6.70. The van der Waals surface area contributed by atoms with Gasteiger partial charge in [0.05, 0.1) is 10.5 Å². The summed E-state index contributed by atoms with van der Waals surface area (Å²) in [5, 5.41) is 19.5. The van der Waals surface area contributed by atoms with Gasteiger partial charge in [-0.2, -0.15) is 0 Å². The molecule has 4 rings (SSSR count). The molecule has 0 saturated carbocycles. The van der Waals surface area contributed by atoms with E-state index in [0.29, 0.717) is 13.2 Å². The van der Waals surface area contributed by atoms with Crippen molar-refractivity contribution in [3.63, 3.8) is 0 Å². The zero-order chi connectivity index (χ0) is 22.9. The van der Waals surface area contributed by atoms with E-state index in [9.17, 15) is 10.2 Å². The summed E-state index contributed by atoms with van der Waals surface area (Å²) >= 11 is 1.73. The Labute approximate surface area is 198 Å². The molecule has 0 radical (unpaired) electrons. The van der Waals surface area contributed by atoms with Crippen LogP contribution in [-0.4, -0.2) is 23.4 Å². The summed E-state index contributed by atoms with van der Waals surface area (Å²) in [7, 11) is 0. The lowest BCUT2D eigenvalue weighted by molar-refractivity contribution is 0.310. The SMILES string of the molecule is Oc1ccc(C(COc2ccccc2)SC(COc2ccccc2)c2ccc(O)cc2)cc1. The Morgan fingerprint density at radius 2 is 0.879 bits per heavy atom. The van der Waals surface area contributed by atoms with Crippen LogP contribution >= 0.6 is 11.8 Å². The predicted molar refractivity (Wildman–Crippen MR) is 133 cm³/mol. The summed E-state index contributed by atoms with van der Waals surface area (Å²) in [6.07, 6.45) is 0. The van der Waals surface area contributed by atoms with Gasteiger partial charge in [-0.3, -0.25) is 0 Å². The Balaban J connectivity index is 1.57. The Hall–Kier alpha value is -3.57. The summed E-state index contributed by atoms with van der Waals surface area (Å²) in [5.41, 5.74) is 2.11. The van der Waals surface area contributed by atoms with E-state index in [1.165, 1.54) is 0 Å². The molecule has 2 atom stereocenters. The lowest BCUT2D eigenvalue weighted by Crippen LogP contribution is -2.14. The zero-order valence-corrected chi connectivity index (χ0v) is 18.9. The first-order valence-electron chi connectivity index (χ1n) is 10.8. The fourth-order valence-electron chi connectivity index (χ4n) is 3.38. The number of phenols is 2. The van der Waals surface area contributed by atoms with Crippen LogP contribution in [0, 0.1) is 0 Å². The lowest BCUT2D eigenvalue weighted by atomic mass is 10.1. The van der Waals surface area contributed by atoms with Crippen LogP contribution in [0.25, 0.3) is 0 Å². The van der Waals surface area contributed by atoms with Gasteiger partial charge in [0.25, 0.3) is 0 Å². The molecular formula is C28H26O4S. The van der Waals surface area contributed by atoms with Crippen molar-refractivity contribution in [2.75, 3.05) is 13.2 Å². The Morgan fingerprint density at radius 1 is 0.515 bits per heavy atom. The van der Waals surface area contributed by atoms with Crippen molar-refractivity contribution in [3.05, 3.63) is 120 Å². The van der Waals surface area contributed by atoms with Crippen LogP contribution in [0.4, 0.5) is 0 Å². The fraction of sp³-hybridized carbons (Fsp3) is 0.143. The summed E-state index contributed by atoms with van der Waals surface area (Å²) in [6, 6.07) is 34.0. The van der Waals surface area contributed by atoms with Crippen LogP contribution in [0.15, 0.2) is 109 Å². The first-order valence-corrected chi connectivity index (χ1v) is 11.7. The third-order valence-corrected chi connectivity index (χ3v) is 6.62. The van der Waals surface area contributed by atoms with Crippen LogP contribution in [0.2, 0.25) is 0 Å². The lowest BCUT2D eigenvalue weighted by Gasteiger charge is -2.25. The quantitative estimate of drug-likeness (QED) is 0.275. The standard InChI is InChI=1S/C28H26O4S/c29-23-15-11-21(12-16-23)27(19-31-25-7-3-1-4-8-25)33-28(22-13-17-24(30)18-14-22)20-32-26-9-5-2-6-10-26/h1-18,27-30H,19-20H2. The minimum atomic E-state index is -0.0102. The highest BCUT2D eigenvalue weighted by molar-refractivity contribution is 7.99. The average molecular weight is 459 g/mol. The highest BCUT2D eigenvalue weighted by Crippen LogP contribution is 2.42. The molecule has 2 unspecified atom stereocenters. The second-order valence-corrected chi connectivity index (χ2v) is 8.95. The van der Waals surface area contributed by atoms with Crippen LogP contribution in [-0.2, 0) is 0 Å². The molecule has 0 aliphatic rings. The average Bonchev–Trinajstić information content (AvgIpc) is 2.86.